The first-order chi connectivity index (χ1) is 10.1. The Morgan fingerprint density at radius 2 is 2.10 bits per heavy atom. The van der Waals surface area contributed by atoms with Crippen LogP contribution >= 0.6 is 11.6 Å². The highest BCUT2D eigenvalue weighted by atomic mass is 35.5. The van der Waals surface area contributed by atoms with Crippen LogP contribution in [0.5, 0.6) is 0 Å². The van der Waals surface area contributed by atoms with Crippen molar-refractivity contribution in [2.45, 2.75) is 32.0 Å². The molecule has 1 aromatic rings. The number of pyridine rings is 1. The molecule has 2 aliphatic rings. The van der Waals surface area contributed by atoms with Crippen molar-refractivity contribution in [1.29, 1.82) is 0 Å². The zero-order valence-corrected chi connectivity index (χ0v) is 12.9. The molecule has 114 valence electrons. The van der Waals surface area contributed by atoms with E-state index in [1.54, 1.807) is 12.4 Å². The zero-order chi connectivity index (χ0) is 14.8. The van der Waals surface area contributed by atoms with Crippen molar-refractivity contribution in [3.63, 3.8) is 0 Å². The van der Waals surface area contributed by atoms with Crippen molar-refractivity contribution in [3.8, 4) is 0 Å². The van der Waals surface area contributed by atoms with Crippen molar-refractivity contribution in [2.24, 2.45) is 0 Å². The summed E-state index contributed by atoms with van der Waals surface area (Å²) in [6.45, 7) is 5.03. The third kappa shape index (κ3) is 3.14. The number of ether oxygens (including phenoxy) is 1. The predicted molar refractivity (Wildman–Crippen MR) is 81.6 cm³/mol. The number of rotatable bonds is 2. The molecule has 0 aromatic carbocycles. The van der Waals surface area contributed by atoms with Crippen LogP contribution in [-0.2, 0) is 9.53 Å². The van der Waals surface area contributed by atoms with Gasteiger partial charge in [0.25, 0.3) is 5.91 Å². The summed E-state index contributed by atoms with van der Waals surface area (Å²) in [5.74, 6) is 0.139. The zero-order valence-electron chi connectivity index (χ0n) is 12.2. The molecule has 1 aromatic heterocycles. The lowest BCUT2D eigenvalue weighted by molar-refractivity contribution is -0.142. The standard InChI is InChI=1S/C15H20ClN3O2/c1-11-2-3-14(21-11)15(20)19-8-6-18(7-9-19)13-4-5-17-10-12(13)16/h4-5,10-11,14H,2-3,6-9H2,1H3/t11-,14+/m1/s1. The van der Waals surface area contributed by atoms with E-state index in [-0.39, 0.29) is 18.1 Å². The fourth-order valence-electron chi connectivity index (χ4n) is 2.98. The smallest absolute Gasteiger partial charge is 0.251 e. The summed E-state index contributed by atoms with van der Waals surface area (Å²) >= 11 is 6.17. The van der Waals surface area contributed by atoms with Gasteiger partial charge in [-0.25, -0.2) is 0 Å². The molecule has 2 saturated heterocycles. The maximum atomic E-state index is 12.4. The van der Waals surface area contributed by atoms with E-state index >= 15 is 0 Å². The van der Waals surface area contributed by atoms with E-state index < -0.39 is 0 Å². The van der Waals surface area contributed by atoms with Gasteiger partial charge in [-0.05, 0) is 25.8 Å². The SMILES string of the molecule is C[C@@H]1CC[C@@H](C(=O)N2CCN(c3ccncc3Cl)CC2)O1. The highest BCUT2D eigenvalue weighted by Crippen LogP contribution is 2.26. The Morgan fingerprint density at radius 1 is 1.33 bits per heavy atom. The average molecular weight is 310 g/mol. The number of halogens is 1. The second kappa shape index (κ2) is 6.20. The summed E-state index contributed by atoms with van der Waals surface area (Å²) in [6, 6.07) is 1.92. The number of anilines is 1. The van der Waals surface area contributed by atoms with E-state index in [0.29, 0.717) is 18.1 Å². The summed E-state index contributed by atoms with van der Waals surface area (Å²) in [5, 5.41) is 0.658. The Kier molecular flexibility index (Phi) is 4.31. The number of aromatic nitrogens is 1. The van der Waals surface area contributed by atoms with E-state index in [4.69, 9.17) is 16.3 Å². The van der Waals surface area contributed by atoms with Crippen molar-refractivity contribution in [2.75, 3.05) is 31.1 Å². The van der Waals surface area contributed by atoms with Gasteiger partial charge in [-0.2, -0.15) is 0 Å². The average Bonchev–Trinajstić information content (AvgIpc) is 2.94. The van der Waals surface area contributed by atoms with Crippen LogP contribution in [0, 0.1) is 0 Å². The first-order valence-corrected chi connectivity index (χ1v) is 7.81. The number of nitrogens with zero attached hydrogens (tertiary/aromatic N) is 3. The first kappa shape index (κ1) is 14.6. The minimum absolute atomic E-state index is 0.139. The molecule has 0 saturated carbocycles. The van der Waals surface area contributed by atoms with Gasteiger partial charge in [0.05, 0.1) is 16.8 Å². The van der Waals surface area contributed by atoms with Gasteiger partial charge in [0.2, 0.25) is 0 Å². The molecule has 0 spiro atoms. The maximum absolute atomic E-state index is 12.4. The Morgan fingerprint density at radius 3 is 2.71 bits per heavy atom. The topological polar surface area (TPSA) is 45.7 Å². The van der Waals surface area contributed by atoms with E-state index in [0.717, 1.165) is 31.6 Å². The molecule has 3 rings (SSSR count). The summed E-state index contributed by atoms with van der Waals surface area (Å²) in [6.07, 6.45) is 5.18. The number of hydrogen-bond donors (Lipinski definition) is 0. The lowest BCUT2D eigenvalue weighted by Gasteiger charge is -2.37. The van der Waals surface area contributed by atoms with Gasteiger partial charge in [-0.3, -0.25) is 9.78 Å². The molecule has 0 bridgehead atoms. The van der Waals surface area contributed by atoms with Crippen molar-refractivity contribution < 1.29 is 9.53 Å². The molecular weight excluding hydrogens is 290 g/mol. The highest BCUT2D eigenvalue weighted by molar-refractivity contribution is 6.33. The second-order valence-electron chi connectivity index (χ2n) is 5.65. The molecule has 0 N–H and O–H groups in total. The van der Waals surface area contributed by atoms with Gasteiger partial charge in [-0.1, -0.05) is 11.6 Å². The molecule has 6 heteroatoms. The summed E-state index contributed by atoms with van der Waals surface area (Å²) in [5.41, 5.74) is 0.990. The van der Waals surface area contributed by atoms with Gasteiger partial charge in [-0.15, -0.1) is 0 Å². The lowest BCUT2D eigenvalue weighted by Crippen LogP contribution is -2.51. The molecule has 2 fully saturated rings. The lowest BCUT2D eigenvalue weighted by atomic mass is 10.1. The molecule has 2 aliphatic heterocycles. The van der Waals surface area contributed by atoms with Gasteiger partial charge in [0, 0.05) is 38.6 Å². The number of piperazine rings is 1. The van der Waals surface area contributed by atoms with E-state index in [1.165, 1.54) is 0 Å². The van der Waals surface area contributed by atoms with Crippen LogP contribution in [0.3, 0.4) is 0 Å². The Hall–Kier alpha value is -1.33. The molecule has 5 nitrogen and oxygen atoms in total. The molecule has 0 aliphatic carbocycles. The number of hydrogen-bond acceptors (Lipinski definition) is 4. The van der Waals surface area contributed by atoms with Gasteiger partial charge >= 0.3 is 0 Å². The maximum Gasteiger partial charge on any atom is 0.251 e. The van der Waals surface area contributed by atoms with Crippen molar-refractivity contribution in [3.05, 3.63) is 23.5 Å². The normalized spacial score (nSPS) is 26.2. The summed E-state index contributed by atoms with van der Waals surface area (Å²) < 4.78 is 5.67. The summed E-state index contributed by atoms with van der Waals surface area (Å²) in [4.78, 5) is 20.5. The molecule has 2 atom stereocenters. The number of amides is 1. The van der Waals surface area contributed by atoms with Crippen LogP contribution in [0.15, 0.2) is 18.5 Å². The Labute approximate surface area is 129 Å². The quantitative estimate of drug-likeness (QED) is 0.838. The third-order valence-electron chi connectivity index (χ3n) is 4.19. The van der Waals surface area contributed by atoms with Crippen LogP contribution in [0.1, 0.15) is 19.8 Å². The third-order valence-corrected chi connectivity index (χ3v) is 4.48. The highest BCUT2D eigenvalue weighted by Gasteiger charge is 2.33. The fourth-order valence-corrected chi connectivity index (χ4v) is 3.22. The molecule has 1 amide bonds. The minimum Gasteiger partial charge on any atom is -0.367 e. The summed E-state index contributed by atoms with van der Waals surface area (Å²) in [7, 11) is 0. The number of carbonyl (C=O) groups excluding carboxylic acids is 1. The van der Waals surface area contributed by atoms with Gasteiger partial charge < -0.3 is 14.5 Å². The second-order valence-corrected chi connectivity index (χ2v) is 6.06. The molecule has 21 heavy (non-hydrogen) atoms. The van der Waals surface area contributed by atoms with Gasteiger partial charge in [0.1, 0.15) is 6.10 Å². The minimum atomic E-state index is -0.240. The fraction of sp³-hybridized carbons (Fsp3) is 0.600. The van der Waals surface area contributed by atoms with Crippen LogP contribution in [0.2, 0.25) is 5.02 Å². The number of carbonyl (C=O) groups is 1. The molecule has 3 heterocycles. The van der Waals surface area contributed by atoms with E-state index in [9.17, 15) is 4.79 Å². The predicted octanol–water partition coefficient (Wildman–Crippen LogP) is 1.95. The van der Waals surface area contributed by atoms with E-state index in [1.807, 2.05) is 17.9 Å². The van der Waals surface area contributed by atoms with Crippen molar-refractivity contribution in [1.82, 2.24) is 9.88 Å². The van der Waals surface area contributed by atoms with E-state index in [2.05, 4.69) is 9.88 Å². The van der Waals surface area contributed by atoms with Crippen molar-refractivity contribution >= 4 is 23.2 Å². The van der Waals surface area contributed by atoms with Crippen LogP contribution in [-0.4, -0.2) is 54.2 Å². The first-order valence-electron chi connectivity index (χ1n) is 7.44. The largest absolute Gasteiger partial charge is 0.367 e. The van der Waals surface area contributed by atoms with Crippen LogP contribution in [0.4, 0.5) is 5.69 Å². The van der Waals surface area contributed by atoms with Crippen LogP contribution in [0.25, 0.3) is 0 Å². The molecule has 0 radical (unpaired) electrons. The van der Waals surface area contributed by atoms with Crippen LogP contribution < -0.4 is 4.90 Å². The Balaban J connectivity index is 1.58. The Bertz CT molecular complexity index is 517. The monoisotopic (exact) mass is 309 g/mol. The molecular formula is C15H20ClN3O2. The van der Waals surface area contributed by atoms with Gasteiger partial charge in [0.15, 0.2) is 0 Å². The molecule has 0 unspecified atom stereocenters.